The van der Waals surface area contributed by atoms with E-state index in [1.807, 2.05) is 6.07 Å². The van der Waals surface area contributed by atoms with Crippen LogP contribution in [0.15, 0.2) is 12.1 Å². The van der Waals surface area contributed by atoms with Gasteiger partial charge in [0, 0.05) is 18.0 Å². The molecule has 0 bridgehead atoms. The quantitative estimate of drug-likeness (QED) is 0.729. The lowest BCUT2D eigenvalue weighted by Crippen LogP contribution is -2.07. The molecule has 2 aromatic rings. The predicted octanol–water partition coefficient (Wildman–Crippen LogP) is 3.22. The van der Waals surface area contributed by atoms with Gasteiger partial charge in [0.25, 0.3) is 0 Å². The second-order valence-electron chi connectivity index (χ2n) is 5.14. The molecule has 0 atom stereocenters. The van der Waals surface area contributed by atoms with Crippen molar-refractivity contribution in [3.05, 3.63) is 12.1 Å². The minimum Gasteiger partial charge on any atom is -0.493 e. The molecule has 0 radical (unpaired) electrons. The van der Waals surface area contributed by atoms with Crippen LogP contribution in [0, 0.1) is 0 Å². The number of hydrogen-bond donors (Lipinski definition) is 2. The van der Waals surface area contributed by atoms with Crippen LogP contribution in [0.1, 0.15) is 32.6 Å². The molecule has 1 heterocycles. The van der Waals surface area contributed by atoms with E-state index in [0.717, 1.165) is 23.9 Å². The number of ether oxygens (including phenoxy) is 2. The zero-order chi connectivity index (χ0) is 15.9. The maximum absolute atomic E-state index is 6.04. The van der Waals surface area contributed by atoms with Crippen LogP contribution in [-0.4, -0.2) is 30.7 Å². The topological polar surface area (TPSA) is 82.3 Å². The van der Waals surface area contributed by atoms with Crippen LogP contribution in [-0.2, 0) is 0 Å². The third-order valence-corrected chi connectivity index (χ3v) is 3.54. The largest absolute Gasteiger partial charge is 0.493 e. The third-order valence-electron chi connectivity index (χ3n) is 3.54. The van der Waals surface area contributed by atoms with Crippen molar-refractivity contribution >= 4 is 22.7 Å². The predicted molar refractivity (Wildman–Crippen MR) is 89.7 cm³/mol. The maximum Gasteiger partial charge on any atom is 0.225 e. The molecule has 1 aromatic carbocycles. The Kier molecular flexibility index (Phi) is 5.63. The number of rotatable bonds is 8. The van der Waals surface area contributed by atoms with Crippen molar-refractivity contribution in [2.75, 3.05) is 31.8 Å². The Morgan fingerprint density at radius 2 is 1.77 bits per heavy atom. The lowest BCUT2D eigenvalue weighted by molar-refractivity contribution is 0.356. The van der Waals surface area contributed by atoms with E-state index in [0.29, 0.717) is 23.3 Å². The number of methoxy groups -OCH3 is 2. The first-order valence-corrected chi connectivity index (χ1v) is 7.62. The second kappa shape index (κ2) is 7.68. The number of nitrogens with zero attached hydrogens (tertiary/aromatic N) is 2. The number of nitrogens with two attached hydrogens (primary N) is 1. The van der Waals surface area contributed by atoms with Crippen LogP contribution in [0.25, 0.3) is 10.9 Å². The van der Waals surface area contributed by atoms with Crippen molar-refractivity contribution in [1.29, 1.82) is 0 Å². The van der Waals surface area contributed by atoms with Gasteiger partial charge < -0.3 is 20.5 Å². The number of benzene rings is 1. The molecule has 0 unspecified atom stereocenters. The molecule has 0 spiro atoms. The molecule has 0 amide bonds. The van der Waals surface area contributed by atoms with Gasteiger partial charge in [-0.3, -0.25) is 0 Å². The van der Waals surface area contributed by atoms with E-state index in [1.165, 1.54) is 19.3 Å². The Morgan fingerprint density at radius 3 is 2.45 bits per heavy atom. The summed E-state index contributed by atoms with van der Waals surface area (Å²) in [5, 5.41) is 3.99. The van der Waals surface area contributed by atoms with Crippen molar-refractivity contribution < 1.29 is 9.47 Å². The highest BCUT2D eigenvalue weighted by atomic mass is 16.5. The minimum absolute atomic E-state index is 0.432. The van der Waals surface area contributed by atoms with E-state index in [2.05, 4.69) is 22.2 Å². The van der Waals surface area contributed by atoms with Crippen LogP contribution in [0.2, 0.25) is 0 Å². The van der Waals surface area contributed by atoms with Gasteiger partial charge >= 0.3 is 0 Å². The summed E-state index contributed by atoms with van der Waals surface area (Å²) in [5.41, 5.74) is 6.77. The summed E-state index contributed by atoms with van der Waals surface area (Å²) < 4.78 is 10.6. The van der Waals surface area contributed by atoms with E-state index in [4.69, 9.17) is 15.2 Å². The molecule has 0 saturated carbocycles. The number of aromatic nitrogens is 2. The molecule has 22 heavy (non-hydrogen) atoms. The molecule has 0 aliphatic rings. The Labute approximate surface area is 131 Å². The fourth-order valence-electron chi connectivity index (χ4n) is 2.31. The SMILES string of the molecule is CCCCCCNc1nc(N)c2cc(OC)c(OC)cc2n1. The van der Waals surface area contributed by atoms with Gasteiger partial charge in [-0.15, -0.1) is 0 Å². The van der Waals surface area contributed by atoms with E-state index in [-0.39, 0.29) is 0 Å². The smallest absolute Gasteiger partial charge is 0.225 e. The van der Waals surface area contributed by atoms with Crippen molar-refractivity contribution in [2.24, 2.45) is 0 Å². The van der Waals surface area contributed by atoms with E-state index >= 15 is 0 Å². The first-order chi connectivity index (χ1) is 10.7. The molecule has 120 valence electrons. The van der Waals surface area contributed by atoms with Crippen LogP contribution in [0.4, 0.5) is 11.8 Å². The number of anilines is 2. The number of nitrogens with one attached hydrogen (secondary N) is 1. The van der Waals surface area contributed by atoms with Crippen LogP contribution in [0.5, 0.6) is 11.5 Å². The average molecular weight is 304 g/mol. The number of unbranched alkanes of at least 4 members (excludes halogenated alkanes) is 3. The summed E-state index contributed by atoms with van der Waals surface area (Å²) in [4.78, 5) is 8.81. The van der Waals surface area contributed by atoms with Gasteiger partial charge in [0.1, 0.15) is 5.82 Å². The highest BCUT2D eigenvalue weighted by molar-refractivity contribution is 5.91. The highest BCUT2D eigenvalue weighted by Crippen LogP contribution is 2.33. The number of fused-ring (bicyclic) bond motifs is 1. The summed E-state index contributed by atoms with van der Waals surface area (Å²) in [6, 6.07) is 3.61. The van der Waals surface area contributed by atoms with Crippen LogP contribution in [0.3, 0.4) is 0 Å². The van der Waals surface area contributed by atoms with E-state index < -0.39 is 0 Å². The number of hydrogen-bond acceptors (Lipinski definition) is 6. The van der Waals surface area contributed by atoms with Crippen molar-refractivity contribution in [1.82, 2.24) is 9.97 Å². The average Bonchev–Trinajstić information content (AvgIpc) is 2.53. The Hall–Kier alpha value is -2.24. The van der Waals surface area contributed by atoms with E-state index in [9.17, 15) is 0 Å². The highest BCUT2D eigenvalue weighted by Gasteiger charge is 2.11. The van der Waals surface area contributed by atoms with Gasteiger partial charge in [0.15, 0.2) is 11.5 Å². The molecule has 0 saturated heterocycles. The lowest BCUT2D eigenvalue weighted by Gasteiger charge is -2.11. The lowest BCUT2D eigenvalue weighted by atomic mass is 10.2. The molecule has 6 nitrogen and oxygen atoms in total. The summed E-state index contributed by atoms with van der Waals surface area (Å²) >= 11 is 0. The van der Waals surface area contributed by atoms with Gasteiger partial charge in [-0.1, -0.05) is 26.2 Å². The number of nitrogen functional groups attached to an aromatic ring is 1. The monoisotopic (exact) mass is 304 g/mol. The van der Waals surface area contributed by atoms with Crippen LogP contribution >= 0.6 is 0 Å². The summed E-state index contributed by atoms with van der Waals surface area (Å²) in [6.45, 7) is 3.04. The normalized spacial score (nSPS) is 10.7. The fourth-order valence-corrected chi connectivity index (χ4v) is 2.31. The van der Waals surface area contributed by atoms with Crippen molar-refractivity contribution in [3.63, 3.8) is 0 Å². The molecule has 6 heteroatoms. The van der Waals surface area contributed by atoms with Gasteiger partial charge in [-0.05, 0) is 12.5 Å². The molecule has 0 aliphatic carbocycles. The minimum atomic E-state index is 0.432. The summed E-state index contributed by atoms with van der Waals surface area (Å²) in [5.74, 6) is 2.23. The molecular formula is C16H24N4O2. The standard InChI is InChI=1S/C16H24N4O2/c1-4-5-6-7-8-18-16-19-12-10-14(22-3)13(21-2)9-11(12)15(17)20-16/h9-10H,4-8H2,1-3H3,(H3,17,18,19,20). The molecule has 1 aromatic heterocycles. The Morgan fingerprint density at radius 1 is 1.05 bits per heavy atom. The molecule has 2 rings (SSSR count). The summed E-state index contributed by atoms with van der Waals surface area (Å²) in [6.07, 6.45) is 4.78. The molecular weight excluding hydrogens is 280 g/mol. The van der Waals surface area contributed by atoms with Gasteiger partial charge in [-0.25, -0.2) is 4.98 Å². The molecule has 3 N–H and O–H groups in total. The Balaban J connectivity index is 2.20. The van der Waals surface area contributed by atoms with Gasteiger partial charge in [0.2, 0.25) is 5.95 Å². The summed E-state index contributed by atoms with van der Waals surface area (Å²) in [7, 11) is 3.19. The molecule has 0 aliphatic heterocycles. The van der Waals surface area contributed by atoms with E-state index in [1.54, 1.807) is 20.3 Å². The fraction of sp³-hybridized carbons (Fsp3) is 0.500. The van der Waals surface area contributed by atoms with Gasteiger partial charge in [-0.2, -0.15) is 4.98 Å². The molecule has 0 fully saturated rings. The first-order valence-electron chi connectivity index (χ1n) is 7.62. The zero-order valence-electron chi connectivity index (χ0n) is 13.5. The van der Waals surface area contributed by atoms with Crippen molar-refractivity contribution in [2.45, 2.75) is 32.6 Å². The zero-order valence-corrected chi connectivity index (χ0v) is 13.5. The van der Waals surface area contributed by atoms with Gasteiger partial charge in [0.05, 0.1) is 19.7 Å². The Bertz CT molecular complexity index is 631. The first kappa shape index (κ1) is 16.1. The maximum atomic E-state index is 6.04. The second-order valence-corrected chi connectivity index (χ2v) is 5.14. The third kappa shape index (κ3) is 3.69. The van der Waals surface area contributed by atoms with Crippen molar-refractivity contribution in [3.8, 4) is 11.5 Å². The van der Waals surface area contributed by atoms with Crippen LogP contribution < -0.4 is 20.5 Å².